The van der Waals surface area contributed by atoms with E-state index in [0.717, 1.165) is 24.7 Å². The van der Waals surface area contributed by atoms with Crippen LogP contribution in [0.25, 0.3) is 0 Å². The van der Waals surface area contributed by atoms with Crippen molar-refractivity contribution in [3.05, 3.63) is 30.6 Å². The van der Waals surface area contributed by atoms with Crippen LogP contribution in [0.2, 0.25) is 0 Å². The van der Waals surface area contributed by atoms with Crippen LogP contribution in [-0.2, 0) is 0 Å². The highest BCUT2D eigenvalue weighted by atomic mass is 15.2. The van der Waals surface area contributed by atoms with Gasteiger partial charge in [0.25, 0.3) is 0 Å². The second kappa shape index (κ2) is 4.43. The highest BCUT2D eigenvalue weighted by Gasteiger charge is 2.18. The first-order chi connectivity index (χ1) is 7.29. The Morgan fingerprint density at radius 1 is 1.47 bits per heavy atom. The fraction of sp³-hybridized carbons (Fsp3) is 0.500. The lowest BCUT2D eigenvalue weighted by Gasteiger charge is -2.30. The summed E-state index contributed by atoms with van der Waals surface area (Å²) in [5, 5.41) is 0. The molecule has 1 aromatic rings. The van der Waals surface area contributed by atoms with Crippen molar-refractivity contribution in [2.24, 2.45) is 5.92 Å². The maximum Gasteiger partial charge on any atom is 0.225 e. The van der Waals surface area contributed by atoms with Gasteiger partial charge in [-0.25, -0.2) is 9.97 Å². The second-order valence-electron chi connectivity index (χ2n) is 4.06. The summed E-state index contributed by atoms with van der Waals surface area (Å²) in [5.41, 5.74) is 1.03. The first-order valence-electron chi connectivity index (χ1n) is 5.47. The van der Waals surface area contributed by atoms with Crippen molar-refractivity contribution in [2.45, 2.75) is 19.8 Å². The molecule has 1 fully saturated rings. The van der Waals surface area contributed by atoms with E-state index in [1.54, 1.807) is 0 Å². The van der Waals surface area contributed by atoms with Gasteiger partial charge in [0, 0.05) is 25.0 Å². The third-order valence-electron chi connectivity index (χ3n) is 2.94. The predicted molar refractivity (Wildman–Crippen MR) is 61.9 cm³/mol. The lowest BCUT2D eigenvalue weighted by atomic mass is 9.97. The highest BCUT2D eigenvalue weighted by molar-refractivity contribution is 5.30. The number of nitrogens with zero attached hydrogens (tertiary/aromatic N) is 3. The molecule has 1 aromatic heterocycles. The zero-order valence-electron chi connectivity index (χ0n) is 9.19. The molecule has 0 unspecified atom stereocenters. The summed E-state index contributed by atoms with van der Waals surface area (Å²) in [6.45, 7) is 7.93. The van der Waals surface area contributed by atoms with E-state index in [4.69, 9.17) is 0 Å². The molecule has 0 atom stereocenters. The molecule has 0 amide bonds. The van der Waals surface area contributed by atoms with Crippen molar-refractivity contribution in [2.75, 3.05) is 18.0 Å². The Labute approximate surface area is 90.9 Å². The molecule has 2 heterocycles. The smallest absolute Gasteiger partial charge is 0.225 e. The molecule has 0 N–H and O–H groups in total. The second-order valence-corrected chi connectivity index (χ2v) is 4.06. The van der Waals surface area contributed by atoms with E-state index in [1.165, 1.54) is 12.8 Å². The van der Waals surface area contributed by atoms with Gasteiger partial charge >= 0.3 is 0 Å². The molecule has 1 aliphatic rings. The summed E-state index contributed by atoms with van der Waals surface area (Å²) in [4.78, 5) is 11.0. The van der Waals surface area contributed by atoms with E-state index in [9.17, 15) is 0 Å². The van der Waals surface area contributed by atoms with E-state index in [-0.39, 0.29) is 0 Å². The van der Waals surface area contributed by atoms with E-state index < -0.39 is 0 Å². The van der Waals surface area contributed by atoms with Crippen molar-refractivity contribution in [3.8, 4) is 0 Å². The van der Waals surface area contributed by atoms with Crippen molar-refractivity contribution < 1.29 is 0 Å². The maximum absolute atomic E-state index is 4.44. The molecule has 0 spiro atoms. The van der Waals surface area contributed by atoms with E-state index in [2.05, 4.69) is 27.5 Å². The van der Waals surface area contributed by atoms with Crippen LogP contribution in [0.4, 0.5) is 5.95 Å². The molecule has 0 saturated carbocycles. The summed E-state index contributed by atoms with van der Waals surface area (Å²) in [6.07, 6.45) is 6.23. The number of rotatable bonds is 2. The number of anilines is 1. The number of aromatic nitrogens is 2. The van der Waals surface area contributed by atoms with Crippen molar-refractivity contribution in [1.29, 1.82) is 0 Å². The summed E-state index contributed by atoms with van der Waals surface area (Å²) in [6, 6.07) is 1.93. The average Bonchev–Trinajstić information content (AvgIpc) is 2.29. The molecule has 3 heteroatoms. The Bertz CT molecular complexity index is 340. The zero-order chi connectivity index (χ0) is 10.7. The summed E-state index contributed by atoms with van der Waals surface area (Å²) in [5.74, 6) is 1.54. The Hall–Kier alpha value is -1.38. The number of allylic oxidation sites excluding steroid dienone is 1. The molecule has 1 saturated heterocycles. The minimum atomic E-state index is 0.672. The van der Waals surface area contributed by atoms with Gasteiger partial charge in [0.15, 0.2) is 0 Å². The lowest BCUT2D eigenvalue weighted by molar-refractivity contribution is 0.474. The molecule has 2 rings (SSSR count). The monoisotopic (exact) mass is 203 g/mol. The predicted octanol–water partition coefficient (Wildman–Crippen LogP) is 2.19. The maximum atomic E-state index is 4.44. The van der Waals surface area contributed by atoms with Gasteiger partial charge in [-0.3, -0.25) is 0 Å². The average molecular weight is 203 g/mol. The first-order valence-corrected chi connectivity index (χ1v) is 5.47. The fourth-order valence-corrected chi connectivity index (χ4v) is 1.92. The Morgan fingerprint density at radius 3 is 2.80 bits per heavy atom. The molecular weight excluding hydrogens is 186 g/mol. The molecular formula is C12H17N3. The van der Waals surface area contributed by atoms with E-state index >= 15 is 0 Å². The SMILES string of the molecule is C=CC1CCN(c2nccc(C)n2)CC1. The van der Waals surface area contributed by atoms with Crippen LogP contribution in [0.1, 0.15) is 18.5 Å². The molecule has 80 valence electrons. The van der Waals surface area contributed by atoms with Gasteiger partial charge in [0.05, 0.1) is 0 Å². The highest BCUT2D eigenvalue weighted by Crippen LogP contribution is 2.20. The quantitative estimate of drug-likeness (QED) is 0.690. The van der Waals surface area contributed by atoms with Gasteiger partial charge in [-0.05, 0) is 31.7 Å². The topological polar surface area (TPSA) is 29.0 Å². The van der Waals surface area contributed by atoms with Gasteiger partial charge in [-0.2, -0.15) is 0 Å². The molecule has 0 radical (unpaired) electrons. The Balaban J connectivity index is 2.04. The van der Waals surface area contributed by atoms with Crippen LogP contribution in [-0.4, -0.2) is 23.1 Å². The summed E-state index contributed by atoms with van der Waals surface area (Å²) < 4.78 is 0. The van der Waals surface area contributed by atoms with E-state index in [1.807, 2.05) is 19.2 Å². The standard InChI is InChI=1S/C12H17N3/c1-3-11-5-8-15(9-6-11)12-13-7-4-10(2)14-12/h3-4,7,11H,1,5-6,8-9H2,2H3. The van der Waals surface area contributed by atoms with Crippen LogP contribution in [0.5, 0.6) is 0 Å². The summed E-state index contributed by atoms with van der Waals surface area (Å²) in [7, 11) is 0. The number of hydrogen-bond donors (Lipinski definition) is 0. The van der Waals surface area contributed by atoms with Crippen LogP contribution < -0.4 is 4.90 Å². The molecule has 1 aliphatic heterocycles. The molecule has 15 heavy (non-hydrogen) atoms. The molecule has 0 aliphatic carbocycles. The minimum Gasteiger partial charge on any atom is -0.341 e. The van der Waals surface area contributed by atoms with Crippen LogP contribution in [0.3, 0.4) is 0 Å². The molecule has 0 bridgehead atoms. The van der Waals surface area contributed by atoms with Crippen LogP contribution in [0.15, 0.2) is 24.9 Å². The van der Waals surface area contributed by atoms with Gasteiger partial charge in [0.2, 0.25) is 5.95 Å². The first kappa shape index (κ1) is 10.1. The van der Waals surface area contributed by atoms with Crippen LogP contribution >= 0.6 is 0 Å². The number of hydrogen-bond acceptors (Lipinski definition) is 3. The largest absolute Gasteiger partial charge is 0.341 e. The van der Waals surface area contributed by atoms with Crippen molar-refractivity contribution >= 4 is 5.95 Å². The van der Waals surface area contributed by atoms with Gasteiger partial charge in [0.1, 0.15) is 0 Å². The number of aryl methyl sites for hydroxylation is 1. The molecule has 0 aromatic carbocycles. The Kier molecular flexibility index (Phi) is 2.99. The Morgan fingerprint density at radius 2 is 2.20 bits per heavy atom. The lowest BCUT2D eigenvalue weighted by Crippen LogP contribution is -2.34. The minimum absolute atomic E-state index is 0.672. The number of piperidine rings is 1. The van der Waals surface area contributed by atoms with Crippen molar-refractivity contribution in [1.82, 2.24) is 9.97 Å². The third kappa shape index (κ3) is 2.35. The zero-order valence-corrected chi connectivity index (χ0v) is 9.19. The van der Waals surface area contributed by atoms with Gasteiger partial charge < -0.3 is 4.90 Å². The van der Waals surface area contributed by atoms with Gasteiger partial charge in [-0.15, -0.1) is 6.58 Å². The third-order valence-corrected chi connectivity index (χ3v) is 2.94. The summed E-state index contributed by atoms with van der Waals surface area (Å²) >= 11 is 0. The van der Waals surface area contributed by atoms with Gasteiger partial charge in [-0.1, -0.05) is 6.08 Å². The molecule has 3 nitrogen and oxygen atoms in total. The normalized spacial score (nSPS) is 17.8. The van der Waals surface area contributed by atoms with Crippen LogP contribution in [0, 0.1) is 12.8 Å². The fourth-order valence-electron chi connectivity index (χ4n) is 1.92. The van der Waals surface area contributed by atoms with E-state index in [0.29, 0.717) is 5.92 Å². The van der Waals surface area contributed by atoms with Crippen molar-refractivity contribution in [3.63, 3.8) is 0 Å².